The van der Waals surface area contributed by atoms with Crippen molar-refractivity contribution in [3.8, 4) is 5.69 Å². The van der Waals surface area contributed by atoms with Gasteiger partial charge in [0, 0.05) is 16.6 Å². The first-order chi connectivity index (χ1) is 9.86. The molecule has 1 nitrogen and oxygen atoms in total. The molecule has 0 saturated heterocycles. The van der Waals surface area contributed by atoms with E-state index in [1.165, 1.54) is 27.8 Å². The molecule has 1 heteroatoms. The fourth-order valence-corrected chi connectivity index (χ4v) is 2.68. The number of benzene rings is 2. The van der Waals surface area contributed by atoms with Crippen LogP contribution < -0.4 is 0 Å². The zero-order chi connectivity index (χ0) is 13.9. The van der Waals surface area contributed by atoms with Crippen molar-refractivity contribution in [2.24, 2.45) is 0 Å². The number of fused-ring (bicyclic) bond motifs is 1. The van der Waals surface area contributed by atoms with E-state index in [4.69, 9.17) is 0 Å². The Bertz CT molecular complexity index is 776. The molecule has 0 fully saturated rings. The van der Waals surface area contributed by atoms with Gasteiger partial charge < -0.3 is 4.57 Å². The maximum Gasteiger partial charge on any atom is 0.0541 e. The molecule has 98 valence electrons. The maximum absolute atomic E-state index is 3.98. The van der Waals surface area contributed by atoms with Crippen LogP contribution in [0.3, 0.4) is 0 Å². The van der Waals surface area contributed by atoms with Gasteiger partial charge in [-0.2, -0.15) is 0 Å². The number of allylic oxidation sites excluding steroid dienone is 1. The molecule has 0 aliphatic rings. The second-order valence-corrected chi connectivity index (χ2v) is 4.69. The van der Waals surface area contributed by atoms with Crippen molar-refractivity contribution in [2.75, 3.05) is 0 Å². The van der Waals surface area contributed by atoms with Gasteiger partial charge in [0.25, 0.3) is 0 Å². The predicted octanol–water partition coefficient (Wildman–Crippen LogP) is 5.31. The SMILES string of the molecule is C=Cc1c(/C=C\C)n(-c2ccccc2)c2ccccc12. The van der Waals surface area contributed by atoms with E-state index in [9.17, 15) is 0 Å². The summed E-state index contributed by atoms with van der Waals surface area (Å²) >= 11 is 0. The third-order valence-electron chi connectivity index (χ3n) is 3.50. The highest BCUT2D eigenvalue weighted by atomic mass is 15.0. The van der Waals surface area contributed by atoms with Crippen LogP contribution in [0, 0.1) is 0 Å². The molecule has 0 unspecified atom stereocenters. The first-order valence-electron chi connectivity index (χ1n) is 6.81. The summed E-state index contributed by atoms with van der Waals surface area (Å²) in [5.41, 5.74) is 4.74. The molecule has 0 saturated carbocycles. The predicted molar refractivity (Wildman–Crippen MR) is 88.1 cm³/mol. The van der Waals surface area contributed by atoms with Gasteiger partial charge in [-0.25, -0.2) is 0 Å². The number of rotatable bonds is 3. The summed E-state index contributed by atoms with van der Waals surface area (Å²) in [6, 6.07) is 18.9. The van der Waals surface area contributed by atoms with E-state index < -0.39 is 0 Å². The Balaban J connectivity index is 2.46. The van der Waals surface area contributed by atoms with E-state index in [2.05, 4.69) is 71.8 Å². The van der Waals surface area contributed by atoms with Crippen LogP contribution in [0.1, 0.15) is 18.2 Å². The van der Waals surface area contributed by atoms with Crippen LogP contribution in [0.4, 0.5) is 0 Å². The first-order valence-corrected chi connectivity index (χ1v) is 6.81. The summed E-state index contributed by atoms with van der Waals surface area (Å²) in [5.74, 6) is 0. The third-order valence-corrected chi connectivity index (χ3v) is 3.50. The molecule has 0 bridgehead atoms. The van der Waals surface area contributed by atoms with Crippen molar-refractivity contribution in [3.63, 3.8) is 0 Å². The van der Waals surface area contributed by atoms with Crippen molar-refractivity contribution in [1.82, 2.24) is 4.57 Å². The molecule has 3 rings (SSSR count). The number of aromatic nitrogens is 1. The lowest BCUT2D eigenvalue weighted by Gasteiger charge is -2.08. The van der Waals surface area contributed by atoms with Gasteiger partial charge in [0.2, 0.25) is 0 Å². The summed E-state index contributed by atoms with van der Waals surface area (Å²) in [5, 5.41) is 1.24. The van der Waals surface area contributed by atoms with Gasteiger partial charge in [-0.05, 0) is 31.2 Å². The summed E-state index contributed by atoms with van der Waals surface area (Å²) in [4.78, 5) is 0. The van der Waals surface area contributed by atoms with Crippen LogP contribution in [0.5, 0.6) is 0 Å². The lowest BCUT2D eigenvalue weighted by atomic mass is 10.1. The molecule has 0 aliphatic heterocycles. The Morgan fingerprint density at radius 2 is 1.65 bits per heavy atom. The number of hydrogen-bond donors (Lipinski definition) is 0. The normalized spacial score (nSPS) is 11.2. The Morgan fingerprint density at radius 3 is 2.35 bits per heavy atom. The quantitative estimate of drug-likeness (QED) is 0.601. The minimum absolute atomic E-state index is 1.17. The largest absolute Gasteiger partial charge is 0.309 e. The standard InChI is InChI=1S/C19H17N/c1-3-10-18-16(4-2)17-13-8-9-14-19(17)20(18)15-11-6-5-7-12-15/h3-14H,2H2,1H3/b10-3-. The van der Waals surface area contributed by atoms with Crippen molar-refractivity contribution in [2.45, 2.75) is 6.92 Å². The highest BCUT2D eigenvalue weighted by molar-refractivity contribution is 5.95. The first kappa shape index (κ1) is 12.5. The van der Waals surface area contributed by atoms with Gasteiger partial charge >= 0.3 is 0 Å². The molecular weight excluding hydrogens is 242 g/mol. The molecule has 2 aromatic carbocycles. The number of hydrogen-bond acceptors (Lipinski definition) is 0. The Kier molecular flexibility index (Phi) is 3.26. The molecule has 0 spiro atoms. The van der Waals surface area contributed by atoms with Crippen molar-refractivity contribution in [3.05, 3.63) is 78.5 Å². The van der Waals surface area contributed by atoms with E-state index in [1.54, 1.807) is 0 Å². The van der Waals surface area contributed by atoms with Crippen LogP contribution in [0.15, 0.2) is 67.3 Å². The smallest absolute Gasteiger partial charge is 0.0541 e. The number of nitrogens with zero attached hydrogens (tertiary/aromatic N) is 1. The second-order valence-electron chi connectivity index (χ2n) is 4.69. The molecule has 0 N–H and O–H groups in total. The lowest BCUT2D eigenvalue weighted by molar-refractivity contribution is 1.10. The third kappa shape index (κ3) is 1.88. The topological polar surface area (TPSA) is 4.93 Å². The van der Waals surface area contributed by atoms with Gasteiger partial charge in [0.1, 0.15) is 0 Å². The highest BCUT2D eigenvalue weighted by Gasteiger charge is 2.13. The average molecular weight is 259 g/mol. The van der Waals surface area contributed by atoms with Crippen molar-refractivity contribution < 1.29 is 0 Å². The summed E-state index contributed by atoms with van der Waals surface area (Å²) in [6.45, 7) is 6.03. The maximum atomic E-state index is 3.98. The lowest BCUT2D eigenvalue weighted by Crippen LogP contribution is -1.96. The molecule has 20 heavy (non-hydrogen) atoms. The van der Waals surface area contributed by atoms with E-state index in [0.717, 1.165) is 0 Å². The zero-order valence-electron chi connectivity index (χ0n) is 11.6. The van der Waals surface area contributed by atoms with Crippen molar-refractivity contribution in [1.29, 1.82) is 0 Å². The Hall–Kier alpha value is -2.54. The van der Waals surface area contributed by atoms with Crippen molar-refractivity contribution >= 4 is 23.1 Å². The molecule has 0 atom stereocenters. The van der Waals surface area contributed by atoms with Gasteiger partial charge in [-0.15, -0.1) is 0 Å². The van der Waals surface area contributed by atoms with Crippen LogP contribution in [0.25, 0.3) is 28.7 Å². The monoisotopic (exact) mass is 259 g/mol. The fourth-order valence-electron chi connectivity index (χ4n) is 2.68. The van der Waals surface area contributed by atoms with Gasteiger partial charge in [-0.3, -0.25) is 0 Å². The minimum Gasteiger partial charge on any atom is -0.309 e. The fraction of sp³-hybridized carbons (Fsp3) is 0.0526. The Labute approximate surface area is 119 Å². The Morgan fingerprint density at radius 1 is 0.950 bits per heavy atom. The summed E-state index contributed by atoms with van der Waals surface area (Å²) in [7, 11) is 0. The average Bonchev–Trinajstić information content (AvgIpc) is 2.82. The van der Waals surface area contributed by atoms with E-state index in [1.807, 2.05) is 19.1 Å². The minimum atomic E-state index is 1.17. The molecule has 1 aromatic heterocycles. The molecule has 3 aromatic rings. The van der Waals surface area contributed by atoms with Crippen LogP contribution >= 0.6 is 0 Å². The zero-order valence-corrected chi connectivity index (χ0v) is 11.6. The van der Waals surface area contributed by atoms with E-state index in [-0.39, 0.29) is 0 Å². The second kappa shape index (κ2) is 5.22. The summed E-state index contributed by atoms with van der Waals surface area (Å²) in [6.07, 6.45) is 6.15. The molecule has 0 radical (unpaired) electrons. The summed E-state index contributed by atoms with van der Waals surface area (Å²) < 4.78 is 2.28. The molecule has 1 heterocycles. The highest BCUT2D eigenvalue weighted by Crippen LogP contribution is 2.31. The van der Waals surface area contributed by atoms with Crippen LogP contribution in [-0.2, 0) is 0 Å². The molecular formula is C19H17N. The van der Waals surface area contributed by atoms with Gasteiger partial charge in [-0.1, -0.05) is 55.1 Å². The van der Waals surface area contributed by atoms with Crippen LogP contribution in [0.2, 0.25) is 0 Å². The molecule has 0 aliphatic carbocycles. The van der Waals surface area contributed by atoms with Gasteiger partial charge in [0.15, 0.2) is 0 Å². The molecule has 0 amide bonds. The van der Waals surface area contributed by atoms with E-state index in [0.29, 0.717) is 0 Å². The van der Waals surface area contributed by atoms with Gasteiger partial charge in [0.05, 0.1) is 11.2 Å². The number of para-hydroxylation sites is 2. The van der Waals surface area contributed by atoms with Crippen LogP contribution in [-0.4, -0.2) is 4.57 Å². The van der Waals surface area contributed by atoms with E-state index >= 15 is 0 Å².